The van der Waals surface area contributed by atoms with E-state index in [-0.39, 0.29) is 10.9 Å². The number of rotatable bonds is 4. The molecule has 0 radical (unpaired) electrons. The van der Waals surface area contributed by atoms with Gasteiger partial charge in [0.05, 0.1) is 23.5 Å². The first-order valence-electron chi connectivity index (χ1n) is 9.70. The molecule has 0 unspecified atom stereocenters. The van der Waals surface area contributed by atoms with Crippen molar-refractivity contribution in [3.05, 3.63) is 77.9 Å². The van der Waals surface area contributed by atoms with E-state index in [1.807, 2.05) is 29.0 Å². The van der Waals surface area contributed by atoms with Crippen LogP contribution in [0.15, 0.2) is 66.1 Å². The minimum absolute atomic E-state index is 0.0985. The van der Waals surface area contributed by atoms with E-state index in [0.29, 0.717) is 19.6 Å². The van der Waals surface area contributed by atoms with E-state index >= 15 is 0 Å². The maximum atomic E-state index is 12.8. The molecule has 0 fully saturated rings. The summed E-state index contributed by atoms with van der Waals surface area (Å²) < 4.78 is 25.2. The molecule has 0 aliphatic carbocycles. The van der Waals surface area contributed by atoms with Crippen LogP contribution in [0.3, 0.4) is 0 Å². The fourth-order valence-corrected chi connectivity index (χ4v) is 4.14. The molecule has 0 N–H and O–H groups in total. The van der Waals surface area contributed by atoms with Gasteiger partial charge < -0.3 is 9.47 Å². The van der Waals surface area contributed by atoms with E-state index < -0.39 is 9.84 Å². The Balaban J connectivity index is 1.52. The maximum Gasteiger partial charge on any atom is 0.324 e. The molecule has 0 bridgehead atoms. The summed E-state index contributed by atoms with van der Waals surface area (Å²) >= 11 is 0. The number of anilines is 1. The summed E-state index contributed by atoms with van der Waals surface area (Å²) in [5.74, 6) is 6.30. The van der Waals surface area contributed by atoms with Gasteiger partial charge in [-0.05, 0) is 41.5 Å². The molecular formula is C23H22N4O3S. The van der Waals surface area contributed by atoms with Gasteiger partial charge in [-0.2, -0.15) is 0 Å². The first-order chi connectivity index (χ1) is 14.8. The predicted molar refractivity (Wildman–Crippen MR) is 118 cm³/mol. The zero-order valence-electron chi connectivity index (χ0n) is 17.3. The summed E-state index contributed by atoms with van der Waals surface area (Å²) in [4.78, 5) is 20.5. The third-order valence-electron chi connectivity index (χ3n) is 5.14. The standard InChI is InChI=1S/C23H22N4O3S/c1-25-22-10-7-18(4-3-12-26-13-11-24-17-26)14-20(22)16-27(23(25)28)15-19-5-8-21(9-6-19)31(2,29)30/h5-11,13-14,17H,12,15-16H2,1-2H3. The summed E-state index contributed by atoms with van der Waals surface area (Å²) in [6, 6.07) is 12.4. The monoisotopic (exact) mass is 434 g/mol. The van der Waals surface area contributed by atoms with E-state index in [9.17, 15) is 13.2 Å². The van der Waals surface area contributed by atoms with E-state index in [2.05, 4.69) is 16.8 Å². The average molecular weight is 435 g/mol. The molecule has 1 aliphatic rings. The van der Waals surface area contributed by atoms with Crippen molar-refractivity contribution < 1.29 is 13.2 Å². The normalized spacial score (nSPS) is 13.5. The van der Waals surface area contributed by atoms with Crippen LogP contribution in [0.4, 0.5) is 10.5 Å². The highest BCUT2D eigenvalue weighted by Crippen LogP contribution is 2.29. The Morgan fingerprint density at radius 3 is 2.58 bits per heavy atom. The van der Waals surface area contributed by atoms with Crippen LogP contribution in [0.1, 0.15) is 16.7 Å². The lowest BCUT2D eigenvalue weighted by atomic mass is 10.0. The Labute approximate surface area is 181 Å². The van der Waals surface area contributed by atoms with Gasteiger partial charge in [-0.3, -0.25) is 4.90 Å². The van der Waals surface area contributed by atoms with Gasteiger partial charge in [-0.15, -0.1) is 0 Å². The Kier molecular flexibility index (Phi) is 5.53. The van der Waals surface area contributed by atoms with Gasteiger partial charge >= 0.3 is 6.03 Å². The molecule has 0 spiro atoms. The zero-order chi connectivity index (χ0) is 22.0. The molecule has 3 aromatic rings. The Bertz CT molecular complexity index is 1270. The average Bonchev–Trinajstić information content (AvgIpc) is 3.25. The largest absolute Gasteiger partial charge is 0.326 e. The van der Waals surface area contributed by atoms with Crippen LogP contribution in [0.5, 0.6) is 0 Å². The van der Waals surface area contributed by atoms with Crippen molar-refractivity contribution in [2.75, 3.05) is 18.2 Å². The van der Waals surface area contributed by atoms with Crippen LogP contribution >= 0.6 is 0 Å². The number of hydrogen-bond donors (Lipinski definition) is 0. The first kappa shape index (κ1) is 20.7. The Hall–Kier alpha value is -3.57. The molecule has 2 aromatic carbocycles. The first-order valence-corrected chi connectivity index (χ1v) is 11.6. The van der Waals surface area contributed by atoms with Crippen molar-refractivity contribution in [3.8, 4) is 11.8 Å². The van der Waals surface area contributed by atoms with Gasteiger partial charge in [-0.25, -0.2) is 18.2 Å². The SMILES string of the molecule is CN1C(=O)N(Cc2ccc(S(C)(=O)=O)cc2)Cc2cc(C#CCn3ccnc3)ccc21. The summed E-state index contributed by atoms with van der Waals surface area (Å²) in [6.45, 7) is 1.41. The quantitative estimate of drug-likeness (QED) is 0.592. The molecule has 158 valence electrons. The molecule has 7 nitrogen and oxygen atoms in total. The molecular weight excluding hydrogens is 412 g/mol. The van der Waals surface area contributed by atoms with Gasteiger partial charge in [0, 0.05) is 44.4 Å². The van der Waals surface area contributed by atoms with E-state index in [4.69, 9.17) is 0 Å². The molecule has 2 amide bonds. The molecule has 0 atom stereocenters. The highest BCUT2D eigenvalue weighted by molar-refractivity contribution is 7.90. The van der Waals surface area contributed by atoms with Gasteiger partial charge in [0.2, 0.25) is 0 Å². The number of carbonyl (C=O) groups excluding carboxylic acids is 1. The van der Waals surface area contributed by atoms with Crippen LogP contribution in [0.25, 0.3) is 0 Å². The van der Waals surface area contributed by atoms with Crippen LogP contribution in [-0.2, 0) is 29.5 Å². The number of hydrogen-bond acceptors (Lipinski definition) is 4. The lowest BCUT2D eigenvalue weighted by Crippen LogP contribution is -2.44. The molecule has 0 saturated heterocycles. The lowest BCUT2D eigenvalue weighted by molar-refractivity contribution is 0.197. The summed E-state index contributed by atoms with van der Waals surface area (Å²) in [5, 5.41) is 0. The molecule has 4 rings (SSSR count). The van der Waals surface area contributed by atoms with Crippen LogP contribution in [0.2, 0.25) is 0 Å². The van der Waals surface area contributed by atoms with Crippen LogP contribution < -0.4 is 4.90 Å². The fourth-order valence-electron chi connectivity index (χ4n) is 3.50. The number of fused-ring (bicyclic) bond motifs is 1. The summed E-state index contributed by atoms with van der Waals surface area (Å²) in [7, 11) is -1.49. The fraction of sp³-hybridized carbons (Fsp3) is 0.217. The number of nitrogens with zero attached hydrogens (tertiary/aromatic N) is 4. The third-order valence-corrected chi connectivity index (χ3v) is 6.27. The minimum Gasteiger partial charge on any atom is -0.326 e. The van der Waals surface area contributed by atoms with Crippen molar-refractivity contribution in [3.63, 3.8) is 0 Å². The predicted octanol–water partition coefficient (Wildman–Crippen LogP) is 2.91. The second kappa shape index (κ2) is 8.28. The number of carbonyl (C=O) groups is 1. The topological polar surface area (TPSA) is 75.5 Å². The second-order valence-electron chi connectivity index (χ2n) is 7.49. The molecule has 8 heteroatoms. The van der Waals surface area contributed by atoms with E-state index in [1.165, 1.54) is 6.26 Å². The smallest absolute Gasteiger partial charge is 0.324 e. The molecule has 1 aromatic heterocycles. The number of imidazole rings is 1. The van der Waals surface area contributed by atoms with Crippen molar-refractivity contribution >= 4 is 21.6 Å². The number of benzene rings is 2. The van der Waals surface area contributed by atoms with Crippen molar-refractivity contribution in [2.24, 2.45) is 0 Å². The highest BCUT2D eigenvalue weighted by atomic mass is 32.2. The van der Waals surface area contributed by atoms with Crippen LogP contribution in [0, 0.1) is 11.8 Å². The van der Waals surface area contributed by atoms with Gasteiger partial charge in [0.25, 0.3) is 0 Å². The highest BCUT2D eigenvalue weighted by Gasteiger charge is 2.27. The van der Waals surface area contributed by atoms with Gasteiger partial charge in [0.15, 0.2) is 9.84 Å². The number of amides is 2. The lowest BCUT2D eigenvalue weighted by Gasteiger charge is -2.35. The third kappa shape index (κ3) is 4.62. The van der Waals surface area contributed by atoms with Crippen molar-refractivity contribution in [1.82, 2.24) is 14.5 Å². The zero-order valence-corrected chi connectivity index (χ0v) is 18.1. The number of aromatic nitrogens is 2. The van der Waals surface area contributed by atoms with Crippen molar-refractivity contribution in [2.45, 2.75) is 24.5 Å². The Morgan fingerprint density at radius 1 is 1.13 bits per heavy atom. The van der Waals surface area contributed by atoms with E-state index in [1.54, 1.807) is 53.6 Å². The summed E-state index contributed by atoms with van der Waals surface area (Å²) in [5.41, 5.74) is 3.64. The van der Waals surface area contributed by atoms with E-state index in [0.717, 1.165) is 22.4 Å². The van der Waals surface area contributed by atoms with Crippen molar-refractivity contribution in [1.29, 1.82) is 0 Å². The van der Waals surface area contributed by atoms with Gasteiger partial charge in [0.1, 0.15) is 0 Å². The molecule has 2 heterocycles. The van der Waals surface area contributed by atoms with Crippen LogP contribution in [-0.4, -0.2) is 42.2 Å². The number of sulfone groups is 1. The molecule has 1 aliphatic heterocycles. The summed E-state index contributed by atoms with van der Waals surface area (Å²) in [6.07, 6.45) is 6.49. The number of urea groups is 1. The van der Waals surface area contributed by atoms with Gasteiger partial charge in [-0.1, -0.05) is 24.0 Å². The molecule has 31 heavy (non-hydrogen) atoms. The minimum atomic E-state index is -3.25. The second-order valence-corrected chi connectivity index (χ2v) is 9.51. The molecule has 0 saturated carbocycles. The Morgan fingerprint density at radius 2 is 1.90 bits per heavy atom. The maximum absolute atomic E-state index is 12.8.